The van der Waals surface area contributed by atoms with Crippen LogP contribution >= 0.6 is 0 Å². The van der Waals surface area contributed by atoms with Gasteiger partial charge < -0.3 is 10.6 Å². The van der Waals surface area contributed by atoms with Gasteiger partial charge in [0.15, 0.2) is 0 Å². The predicted molar refractivity (Wildman–Crippen MR) is 39.3 cm³/mol. The average Bonchev–Trinajstić information content (AvgIpc) is 1.88. The Balaban J connectivity index is 2.23. The number of hydrogen-bond acceptors (Lipinski definition) is 2. The first-order valence-corrected chi connectivity index (χ1v) is 3.71. The molecule has 54 valence electrons. The highest BCUT2D eigenvalue weighted by molar-refractivity contribution is 4.70. The molecule has 0 saturated carbocycles. The molecule has 0 aromatic heterocycles. The second-order valence-corrected chi connectivity index (χ2v) is 3.01. The van der Waals surface area contributed by atoms with Gasteiger partial charge in [0.05, 0.1) is 0 Å². The van der Waals surface area contributed by atoms with Gasteiger partial charge in [0.25, 0.3) is 0 Å². The van der Waals surface area contributed by atoms with E-state index in [1.807, 2.05) is 0 Å². The second-order valence-electron chi connectivity index (χ2n) is 3.01. The smallest absolute Gasteiger partial charge is 0.00187 e. The minimum absolute atomic E-state index is 0.767. The summed E-state index contributed by atoms with van der Waals surface area (Å²) in [5.41, 5.74) is 5.54. The standard InChI is InChI=1S/C7H16N2/c1-9-4-2-3-7(5-8)6-9/h7H,2-6,8H2,1H3/t7-/m1/s1. The molecular weight excluding hydrogens is 112 g/mol. The van der Waals surface area contributed by atoms with Crippen molar-refractivity contribution in [2.45, 2.75) is 12.8 Å². The molecule has 9 heavy (non-hydrogen) atoms. The maximum absolute atomic E-state index is 5.54. The fourth-order valence-corrected chi connectivity index (χ4v) is 1.47. The maximum Gasteiger partial charge on any atom is 0.00187 e. The number of piperidine rings is 1. The van der Waals surface area contributed by atoms with E-state index in [2.05, 4.69) is 11.9 Å². The fraction of sp³-hybridized carbons (Fsp3) is 1.00. The summed E-state index contributed by atoms with van der Waals surface area (Å²) in [7, 11) is 2.17. The van der Waals surface area contributed by atoms with Gasteiger partial charge in [-0.2, -0.15) is 0 Å². The molecule has 0 aliphatic carbocycles. The zero-order valence-corrected chi connectivity index (χ0v) is 6.14. The zero-order chi connectivity index (χ0) is 6.69. The zero-order valence-electron chi connectivity index (χ0n) is 6.14. The Labute approximate surface area is 57.0 Å². The van der Waals surface area contributed by atoms with E-state index in [0.717, 1.165) is 12.5 Å². The highest BCUT2D eigenvalue weighted by Crippen LogP contribution is 2.12. The van der Waals surface area contributed by atoms with Crippen LogP contribution in [0, 0.1) is 5.92 Å². The Morgan fingerprint density at radius 2 is 2.44 bits per heavy atom. The lowest BCUT2D eigenvalue weighted by atomic mass is 9.99. The molecule has 0 bridgehead atoms. The second kappa shape index (κ2) is 3.18. The normalized spacial score (nSPS) is 30.7. The molecule has 2 nitrogen and oxygen atoms in total. The molecule has 1 aliphatic heterocycles. The summed E-state index contributed by atoms with van der Waals surface area (Å²) in [6.45, 7) is 3.33. The molecule has 1 atom stereocenters. The lowest BCUT2D eigenvalue weighted by Crippen LogP contribution is -2.35. The maximum atomic E-state index is 5.54. The minimum atomic E-state index is 0.767. The van der Waals surface area contributed by atoms with Gasteiger partial charge in [0.1, 0.15) is 0 Å². The number of nitrogens with zero attached hydrogens (tertiary/aromatic N) is 1. The van der Waals surface area contributed by atoms with Gasteiger partial charge in [0.2, 0.25) is 0 Å². The number of hydrogen-bond donors (Lipinski definition) is 1. The molecule has 1 aliphatic rings. The van der Waals surface area contributed by atoms with Crippen LogP contribution in [-0.2, 0) is 0 Å². The van der Waals surface area contributed by atoms with Crippen LogP contribution in [0.3, 0.4) is 0 Å². The van der Waals surface area contributed by atoms with E-state index in [0.29, 0.717) is 0 Å². The molecule has 2 heteroatoms. The van der Waals surface area contributed by atoms with Crippen LogP contribution in [0.25, 0.3) is 0 Å². The molecule has 1 saturated heterocycles. The van der Waals surface area contributed by atoms with Crippen molar-refractivity contribution in [3.05, 3.63) is 0 Å². The number of nitrogens with two attached hydrogens (primary N) is 1. The topological polar surface area (TPSA) is 29.3 Å². The van der Waals surface area contributed by atoms with E-state index in [-0.39, 0.29) is 0 Å². The van der Waals surface area contributed by atoms with Gasteiger partial charge in [-0.3, -0.25) is 0 Å². The average molecular weight is 128 g/mol. The van der Waals surface area contributed by atoms with E-state index in [4.69, 9.17) is 5.73 Å². The van der Waals surface area contributed by atoms with E-state index in [1.165, 1.54) is 25.9 Å². The largest absolute Gasteiger partial charge is 0.330 e. The minimum Gasteiger partial charge on any atom is -0.330 e. The Bertz CT molecular complexity index is 83.0. The fourth-order valence-electron chi connectivity index (χ4n) is 1.47. The summed E-state index contributed by atoms with van der Waals surface area (Å²) < 4.78 is 0. The van der Waals surface area contributed by atoms with Crippen LogP contribution in [0.2, 0.25) is 0 Å². The molecular formula is C7H16N2. The molecule has 0 unspecified atom stereocenters. The van der Waals surface area contributed by atoms with Crippen LogP contribution in [0.1, 0.15) is 12.8 Å². The quantitative estimate of drug-likeness (QED) is 0.550. The van der Waals surface area contributed by atoms with E-state index in [9.17, 15) is 0 Å². The van der Waals surface area contributed by atoms with E-state index < -0.39 is 0 Å². The van der Waals surface area contributed by atoms with Crippen molar-refractivity contribution >= 4 is 0 Å². The molecule has 0 amide bonds. The summed E-state index contributed by atoms with van der Waals surface area (Å²) in [6.07, 6.45) is 2.67. The van der Waals surface area contributed by atoms with E-state index in [1.54, 1.807) is 0 Å². The highest BCUT2D eigenvalue weighted by Gasteiger charge is 2.14. The first-order valence-electron chi connectivity index (χ1n) is 3.71. The van der Waals surface area contributed by atoms with Gasteiger partial charge in [-0.1, -0.05) is 0 Å². The molecule has 0 aromatic rings. The summed E-state index contributed by atoms with van der Waals surface area (Å²) in [4.78, 5) is 2.36. The summed E-state index contributed by atoms with van der Waals surface area (Å²) in [5, 5.41) is 0. The summed E-state index contributed by atoms with van der Waals surface area (Å²) >= 11 is 0. The molecule has 1 fully saturated rings. The van der Waals surface area contributed by atoms with E-state index >= 15 is 0 Å². The molecule has 1 heterocycles. The Hall–Kier alpha value is -0.0800. The van der Waals surface area contributed by atoms with Crippen molar-refractivity contribution in [2.75, 3.05) is 26.7 Å². The molecule has 0 spiro atoms. The highest BCUT2D eigenvalue weighted by atomic mass is 15.1. The third-order valence-corrected chi connectivity index (χ3v) is 2.06. The van der Waals surface area contributed by atoms with Crippen molar-refractivity contribution in [2.24, 2.45) is 11.7 Å². The molecule has 0 radical (unpaired) electrons. The lowest BCUT2D eigenvalue weighted by Gasteiger charge is -2.28. The van der Waals surface area contributed by atoms with Gasteiger partial charge >= 0.3 is 0 Å². The SMILES string of the molecule is CN1CCC[C@H](CN)C1. The van der Waals surface area contributed by atoms with Crippen molar-refractivity contribution in [1.82, 2.24) is 4.90 Å². The third kappa shape index (κ3) is 1.95. The molecule has 0 aromatic carbocycles. The Morgan fingerprint density at radius 1 is 1.67 bits per heavy atom. The van der Waals surface area contributed by atoms with Crippen LogP contribution < -0.4 is 5.73 Å². The van der Waals surface area contributed by atoms with Crippen LogP contribution in [0.5, 0.6) is 0 Å². The number of likely N-dealkylation sites (tertiary alicyclic amines) is 1. The summed E-state index contributed by atoms with van der Waals surface area (Å²) in [6, 6.07) is 0. The Morgan fingerprint density at radius 3 is 2.89 bits per heavy atom. The lowest BCUT2D eigenvalue weighted by molar-refractivity contribution is 0.214. The predicted octanol–water partition coefficient (Wildman–Crippen LogP) is 0.287. The Kier molecular flexibility index (Phi) is 2.49. The summed E-state index contributed by atoms with van der Waals surface area (Å²) in [5.74, 6) is 0.767. The molecule has 2 N–H and O–H groups in total. The first-order chi connectivity index (χ1) is 4.33. The van der Waals surface area contributed by atoms with Crippen molar-refractivity contribution in [3.8, 4) is 0 Å². The van der Waals surface area contributed by atoms with Crippen molar-refractivity contribution in [3.63, 3.8) is 0 Å². The first kappa shape index (κ1) is 7.03. The third-order valence-electron chi connectivity index (χ3n) is 2.06. The van der Waals surface area contributed by atoms with Crippen LogP contribution in [0.4, 0.5) is 0 Å². The molecule has 1 rings (SSSR count). The van der Waals surface area contributed by atoms with Crippen molar-refractivity contribution < 1.29 is 0 Å². The van der Waals surface area contributed by atoms with Gasteiger partial charge in [-0.15, -0.1) is 0 Å². The van der Waals surface area contributed by atoms with Crippen LogP contribution in [0.15, 0.2) is 0 Å². The van der Waals surface area contributed by atoms with Gasteiger partial charge in [-0.25, -0.2) is 0 Å². The monoisotopic (exact) mass is 128 g/mol. The number of rotatable bonds is 1. The van der Waals surface area contributed by atoms with Crippen molar-refractivity contribution in [1.29, 1.82) is 0 Å². The van der Waals surface area contributed by atoms with Crippen LogP contribution in [-0.4, -0.2) is 31.6 Å². The van der Waals surface area contributed by atoms with Gasteiger partial charge in [0, 0.05) is 6.54 Å². The van der Waals surface area contributed by atoms with Gasteiger partial charge in [-0.05, 0) is 38.9 Å².